The molecule has 0 aliphatic rings. The van der Waals surface area contributed by atoms with E-state index in [4.69, 9.17) is 16.3 Å². The van der Waals surface area contributed by atoms with Crippen LogP contribution in [0.15, 0.2) is 63.9 Å². The van der Waals surface area contributed by atoms with Gasteiger partial charge in [0.2, 0.25) is 0 Å². The lowest BCUT2D eigenvalue weighted by molar-refractivity contribution is 0.0528. The average Bonchev–Trinajstić information content (AvgIpc) is 3.05. The summed E-state index contributed by atoms with van der Waals surface area (Å²) in [6.07, 6.45) is 1.50. The molecule has 0 fully saturated rings. The molecule has 3 rings (SSSR count). The predicted molar refractivity (Wildman–Crippen MR) is 109 cm³/mol. The van der Waals surface area contributed by atoms with E-state index in [0.717, 1.165) is 17.1 Å². The van der Waals surface area contributed by atoms with E-state index in [1.165, 1.54) is 6.26 Å². The molecule has 5 nitrogen and oxygen atoms in total. The van der Waals surface area contributed by atoms with Crippen LogP contribution in [0.3, 0.4) is 0 Å². The first-order chi connectivity index (χ1) is 12.9. The van der Waals surface area contributed by atoms with Gasteiger partial charge in [0.25, 0.3) is 0 Å². The summed E-state index contributed by atoms with van der Waals surface area (Å²) in [7, 11) is -2.85. The molecule has 0 aliphatic carbocycles. The van der Waals surface area contributed by atoms with Gasteiger partial charge >= 0.3 is 5.97 Å². The molecule has 3 aromatic rings. The monoisotopic (exact) mass is 420 g/mol. The fourth-order valence-corrected chi connectivity index (χ4v) is 4.81. The molecule has 140 valence electrons. The van der Waals surface area contributed by atoms with Crippen molar-refractivity contribution in [1.29, 1.82) is 0 Å². The van der Waals surface area contributed by atoms with Crippen molar-refractivity contribution >= 4 is 44.6 Å². The van der Waals surface area contributed by atoms with Gasteiger partial charge in [0.1, 0.15) is 5.56 Å². The van der Waals surface area contributed by atoms with E-state index < -0.39 is 15.7 Å². The minimum atomic E-state index is -2.85. The molecule has 2 aromatic carbocycles. The van der Waals surface area contributed by atoms with Crippen LogP contribution in [0.4, 0.5) is 5.82 Å². The number of benzene rings is 2. The fraction of sp³-hybridized carbons (Fsp3) is 0.158. The summed E-state index contributed by atoms with van der Waals surface area (Å²) < 4.78 is 27.0. The van der Waals surface area contributed by atoms with Crippen molar-refractivity contribution in [3.63, 3.8) is 0 Å². The number of rotatable bonds is 5. The molecule has 8 heteroatoms. The summed E-state index contributed by atoms with van der Waals surface area (Å²) in [5, 5.41) is 0.464. The van der Waals surface area contributed by atoms with Gasteiger partial charge in [-0.15, -0.1) is 0 Å². The molecule has 27 heavy (non-hydrogen) atoms. The summed E-state index contributed by atoms with van der Waals surface area (Å²) >= 11 is 7.13. The largest absolute Gasteiger partial charge is 0.462 e. The van der Waals surface area contributed by atoms with Gasteiger partial charge in [-0.2, -0.15) is 8.74 Å². The number of carbonyl (C=O) groups is 1. The molecule has 0 saturated heterocycles. The first kappa shape index (κ1) is 19.5. The number of ether oxygens (including phenoxy) is 1. The number of esters is 1. The van der Waals surface area contributed by atoms with Crippen molar-refractivity contribution in [3.8, 4) is 10.4 Å². The molecule has 0 saturated carbocycles. The van der Waals surface area contributed by atoms with E-state index in [-0.39, 0.29) is 18.0 Å². The van der Waals surface area contributed by atoms with Crippen LogP contribution in [-0.4, -0.2) is 27.4 Å². The summed E-state index contributed by atoms with van der Waals surface area (Å²) in [5.41, 5.74) is 1.05. The molecule has 1 atom stereocenters. The van der Waals surface area contributed by atoms with Crippen molar-refractivity contribution in [1.82, 2.24) is 4.37 Å². The lowest BCUT2D eigenvalue weighted by Gasteiger charge is -2.06. The van der Waals surface area contributed by atoms with Gasteiger partial charge in [-0.3, -0.25) is 0 Å². The van der Waals surface area contributed by atoms with Crippen LogP contribution in [-0.2, 0) is 14.5 Å². The highest BCUT2D eigenvalue weighted by atomic mass is 35.5. The second-order valence-corrected chi connectivity index (χ2v) is 9.12. The summed E-state index contributed by atoms with van der Waals surface area (Å²) in [5.74, 6) is -0.421. The highest BCUT2D eigenvalue weighted by molar-refractivity contribution is 7.93. The SMILES string of the molecule is CCOC(=O)c1c(N=S(C)(=O)c2cccc(Cl)c2)nsc1-c1ccccc1. The predicted octanol–water partition coefficient (Wildman–Crippen LogP) is 5.43. The average molecular weight is 421 g/mol. The smallest absolute Gasteiger partial charge is 0.343 e. The molecule has 1 unspecified atom stereocenters. The highest BCUT2D eigenvalue weighted by Gasteiger charge is 2.24. The second-order valence-electron chi connectivity index (χ2n) is 5.65. The molecule has 0 amide bonds. The molecule has 0 N–H and O–H groups in total. The van der Waals surface area contributed by atoms with Crippen LogP contribution in [0.25, 0.3) is 10.4 Å². The standard InChI is InChI=1S/C19H17ClN2O3S2/c1-3-25-19(23)16-17(13-8-5-4-6-9-13)26-21-18(16)22-27(2,24)15-11-7-10-14(20)12-15/h4-12H,3H2,1-2H3. The Labute approximate surface area is 167 Å². The first-order valence-electron chi connectivity index (χ1n) is 8.12. The molecule has 0 aliphatic heterocycles. The lowest BCUT2D eigenvalue weighted by Crippen LogP contribution is -2.06. The maximum Gasteiger partial charge on any atom is 0.343 e. The van der Waals surface area contributed by atoms with Gasteiger partial charge < -0.3 is 4.74 Å². The third-order valence-electron chi connectivity index (χ3n) is 3.68. The Hall–Kier alpha value is -2.22. The second kappa shape index (κ2) is 8.21. The van der Waals surface area contributed by atoms with Crippen LogP contribution in [0.1, 0.15) is 17.3 Å². The highest BCUT2D eigenvalue weighted by Crippen LogP contribution is 2.36. The Morgan fingerprint density at radius 1 is 1.22 bits per heavy atom. The van der Waals surface area contributed by atoms with Gasteiger partial charge in [0.05, 0.1) is 21.2 Å². The van der Waals surface area contributed by atoms with Gasteiger partial charge in [-0.25, -0.2) is 9.00 Å². The van der Waals surface area contributed by atoms with Gasteiger partial charge in [-0.1, -0.05) is 48.0 Å². The topological polar surface area (TPSA) is 68.6 Å². The fourth-order valence-electron chi connectivity index (χ4n) is 2.44. The van der Waals surface area contributed by atoms with Crippen LogP contribution >= 0.6 is 23.1 Å². The Kier molecular flexibility index (Phi) is 5.94. The summed E-state index contributed by atoms with van der Waals surface area (Å²) in [4.78, 5) is 13.7. The Morgan fingerprint density at radius 2 is 1.96 bits per heavy atom. The maximum atomic E-state index is 13.2. The lowest BCUT2D eigenvalue weighted by atomic mass is 10.1. The molecule has 0 radical (unpaired) electrons. The van der Waals surface area contributed by atoms with Crippen LogP contribution < -0.4 is 0 Å². The Morgan fingerprint density at radius 3 is 2.63 bits per heavy atom. The summed E-state index contributed by atoms with van der Waals surface area (Å²) in [6, 6.07) is 16.1. The zero-order valence-electron chi connectivity index (χ0n) is 14.7. The minimum Gasteiger partial charge on any atom is -0.462 e. The normalized spacial score (nSPS) is 13.0. The molecular formula is C19H17ClN2O3S2. The number of aromatic nitrogens is 1. The number of nitrogens with zero attached hydrogens (tertiary/aromatic N) is 2. The van der Waals surface area contributed by atoms with E-state index in [1.807, 2.05) is 30.3 Å². The third kappa shape index (κ3) is 4.37. The summed E-state index contributed by atoms with van der Waals surface area (Å²) in [6.45, 7) is 1.95. The van der Waals surface area contributed by atoms with Crippen LogP contribution in [0.2, 0.25) is 5.02 Å². The number of carbonyl (C=O) groups excluding carboxylic acids is 1. The van der Waals surface area contributed by atoms with Crippen molar-refractivity contribution in [3.05, 3.63) is 65.2 Å². The zero-order valence-corrected chi connectivity index (χ0v) is 17.1. The van der Waals surface area contributed by atoms with Crippen molar-refractivity contribution in [2.45, 2.75) is 11.8 Å². The molecular weight excluding hydrogens is 404 g/mol. The van der Waals surface area contributed by atoms with E-state index >= 15 is 0 Å². The quantitative estimate of drug-likeness (QED) is 0.516. The van der Waals surface area contributed by atoms with Crippen LogP contribution in [0, 0.1) is 0 Å². The van der Waals surface area contributed by atoms with Crippen molar-refractivity contribution in [2.75, 3.05) is 12.9 Å². The van der Waals surface area contributed by atoms with Gasteiger partial charge in [-0.05, 0) is 42.2 Å². The zero-order chi connectivity index (χ0) is 19.4. The maximum absolute atomic E-state index is 13.2. The first-order valence-corrected chi connectivity index (χ1v) is 11.2. The number of halogens is 1. The molecule has 1 aromatic heterocycles. The van der Waals surface area contributed by atoms with Crippen molar-refractivity contribution < 1.29 is 13.7 Å². The van der Waals surface area contributed by atoms with E-state index in [1.54, 1.807) is 31.2 Å². The Bertz CT molecular complexity index is 1090. The number of hydrogen-bond donors (Lipinski definition) is 0. The van der Waals surface area contributed by atoms with E-state index in [0.29, 0.717) is 14.8 Å². The molecule has 0 spiro atoms. The van der Waals surface area contributed by atoms with Crippen LogP contribution in [0.5, 0.6) is 0 Å². The van der Waals surface area contributed by atoms with Crippen molar-refractivity contribution in [2.24, 2.45) is 4.36 Å². The van der Waals surface area contributed by atoms with Gasteiger partial charge in [0.15, 0.2) is 5.82 Å². The minimum absolute atomic E-state index is 0.116. The molecule has 1 heterocycles. The third-order valence-corrected chi connectivity index (χ3v) is 6.46. The van der Waals surface area contributed by atoms with E-state index in [9.17, 15) is 9.00 Å². The van der Waals surface area contributed by atoms with E-state index in [2.05, 4.69) is 8.74 Å². The Balaban J connectivity index is 2.17. The molecule has 0 bridgehead atoms. The number of hydrogen-bond acceptors (Lipinski definition) is 6. The van der Waals surface area contributed by atoms with Gasteiger partial charge in [0, 0.05) is 16.2 Å².